The maximum atomic E-state index is 13.6. The van der Waals surface area contributed by atoms with Gasteiger partial charge in [-0.15, -0.1) is 0 Å². The average molecular weight is 320 g/mol. The molecule has 3 nitrogen and oxygen atoms in total. The zero-order chi connectivity index (χ0) is 15.7. The highest BCUT2D eigenvalue weighted by Crippen LogP contribution is 2.32. The van der Waals surface area contributed by atoms with Crippen LogP contribution in [0.25, 0.3) is 10.9 Å². The first kappa shape index (κ1) is 15.0. The molecule has 0 unspecified atom stereocenters. The van der Waals surface area contributed by atoms with E-state index in [2.05, 4.69) is 0 Å². The van der Waals surface area contributed by atoms with E-state index in [1.165, 1.54) is 12.1 Å². The molecule has 1 aromatic heterocycles. The highest BCUT2D eigenvalue weighted by atomic mass is 35.5. The number of hydrogen-bond acceptors (Lipinski definition) is 2. The topological polar surface area (TPSA) is 45.4 Å². The zero-order valence-corrected chi connectivity index (χ0v) is 12.4. The van der Waals surface area contributed by atoms with Crippen molar-refractivity contribution >= 4 is 22.5 Å². The Morgan fingerprint density at radius 3 is 2.64 bits per heavy atom. The van der Waals surface area contributed by atoms with E-state index in [0.29, 0.717) is 10.6 Å². The highest BCUT2D eigenvalue weighted by molar-refractivity contribution is 6.35. The predicted molar refractivity (Wildman–Crippen MR) is 84.6 cm³/mol. The third-order valence-corrected chi connectivity index (χ3v) is 4.04. The second kappa shape index (κ2) is 6.08. The van der Waals surface area contributed by atoms with Gasteiger partial charge in [-0.05, 0) is 29.8 Å². The third kappa shape index (κ3) is 2.61. The fraction of sp³-hybridized carbons (Fsp3) is 0.176. The summed E-state index contributed by atoms with van der Waals surface area (Å²) in [6.45, 7) is -0.439. The van der Waals surface area contributed by atoms with Gasteiger partial charge in [-0.2, -0.15) is 0 Å². The van der Waals surface area contributed by atoms with Gasteiger partial charge >= 0.3 is 0 Å². The van der Waals surface area contributed by atoms with E-state index in [9.17, 15) is 14.6 Å². The molecule has 0 radical (unpaired) electrons. The first-order valence-corrected chi connectivity index (χ1v) is 7.29. The molecule has 0 amide bonds. The number of rotatable bonds is 4. The van der Waals surface area contributed by atoms with Crippen LogP contribution < -0.4 is 0 Å². The Morgan fingerprint density at radius 1 is 1.14 bits per heavy atom. The van der Waals surface area contributed by atoms with E-state index >= 15 is 0 Å². The van der Waals surface area contributed by atoms with Crippen molar-refractivity contribution in [1.82, 2.24) is 4.57 Å². The lowest BCUT2D eigenvalue weighted by Crippen LogP contribution is -2.28. The third-order valence-electron chi connectivity index (χ3n) is 3.73. The Bertz CT molecular complexity index is 802. The van der Waals surface area contributed by atoms with Gasteiger partial charge in [0.05, 0.1) is 23.2 Å². The van der Waals surface area contributed by atoms with Gasteiger partial charge in [0.2, 0.25) is 0 Å². The lowest BCUT2D eigenvalue weighted by Gasteiger charge is -2.25. The SMILES string of the molecule is OC[C@@H](O)[C@H](c1cccc(F)c1)n1ccc2cccc(Cl)c21. The maximum Gasteiger partial charge on any atom is 0.123 e. The number of para-hydroxylation sites is 1. The molecule has 22 heavy (non-hydrogen) atoms. The summed E-state index contributed by atoms with van der Waals surface area (Å²) in [4.78, 5) is 0. The van der Waals surface area contributed by atoms with Gasteiger partial charge in [0.25, 0.3) is 0 Å². The number of halogens is 2. The molecule has 114 valence electrons. The number of aliphatic hydroxyl groups is 2. The number of nitrogens with zero attached hydrogens (tertiary/aromatic N) is 1. The molecule has 2 N–H and O–H groups in total. The molecular weight excluding hydrogens is 305 g/mol. The summed E-state index contributed by atoms with van der Waals surface area (Å²) in [5.41, 5.74) is 1.31. The minimum absolute atomic E-state index is 0.393. The van der Waals surface area contributed by atoms with Crippen molar-refractivity contribution < 1.29 is 14.6 Å². The fourth-order valence-corrected chi connectivity index (χ4v) is 3.04. The van der Waals surface area contributed by atoms with E-state index in [1.807, 2.05) is 18.2 Å². The van der Waals surface area contributed by atoms with Crippen molar-refractivity contribution in [3.05, 3.63) is 71.1 Å². The first-order valence-electron chi connectivity index (χ1n) is 6.91. The molecule has 2 atom stereocenters. The standard InChI is InChI=1S/C17H15ClFNO2/c18-14-6-2-3-11-7-8-20(16(11)14)17(15(22)10-21)12-4-1-5-13(19)9-12/h1-9,15,17,21-22H,10H2/t15-,17+/m1/s1. The molecule has 0 fully saturated rings. The van der Waals surface area contributed by atoms with Crippen molar-refractivity contribution in [2.45, 2.75) is 12.1 Å². The molecule has 0 aliphatic carbocycles. The van der Waals surface area contributed by atoms with E-state index < -0.39 is 24.6 Å². The normalized spacial score (nSPS) is 14.2. The number of aromatic nitrogens is 1. The summed E-state index contributed by atoms with van der Waals surface area (Å²) in [6, 6.07) is 12.7. The van der Waals surface area contributed by atoms with Crippen LogP contribution in [0, 0.1) is 5.82 Å². The van der Waals surface area contributed by atoms with Crippen LogP contribution >= 0.6 is 11.6 Å². The molecule has 3 rings (SSSR count). The minimum atomic E-state index is -1.08. The van der Waals surface area contributed by atoms with Gasteiger partial charge in [0.15, 0.2) is 0 Å². The van der Waals surface area contributed by atoms with E-state index in [-0.39, 0.29) is 0 Å². The monoisotopic (exact) mass is 319 g/mol. The van der Waals surface area contributed by atoms with Gasteiger partial charge < -0.3 is 14.8 Å². The number of fused-ring (bicyclic) bond motifs is 1. The Balaban J connectivity index is 2.21. The van der Waals surface area contributed by atoms with Crippen LogP contribution in [-0.4, -0.2) is 27.5 Å². The predicted octanol–water partition coefficient (Wildman–Crippen LogP) is 3.38. The molecule has 0 aliphatic heterocycles. The van der Waals surface area contributed by atoms with Crippen LogP contribution in [0.2, 0.25) is 5.02 Å². The van der Waals surface area contributed by atoms with E-state index in [1.54, 1.807) is 29.0 Å². The van der Waals surface area contributed by atoms with Crippen LogP contribution in [0.5, 0.6) is 0 Å². The quantitative estimate of drug-likeness (QED) is 0.774. The second-order valence-electron chi connectivity index (χ2n) is 5.15. The average Bonchev–Trinajstić information content (AvgIpc) is 2.93. The zero-order valence-electron chi connectivity index (χ0n) is 11.7. The number of hydrogen-bond donors (Lipinski definition) is 2. The van der Waals surface area contributed by atoms with Crippen LogP contribution in [0.1, 0.15) is 11.6 Å². The van der Waals surface area contributed by atoms with Gasteiger partial charge in [0.1, 0.15) is 11.9 Å². The molecule has 0 bridgehead atoms. The van der Waals surface area contributed by atoms with Crippen LogP contribution in [0.3, 0.4) is 0 Å². The summed E-state index contributed by atoms with van der Waals surface area (Å²) in [7, 11) is 0. The van der Waals surface area contributed by atoms with E-state index in [4.69, 9.17) is 11.6 Å². The molecule has 2 aromatic carbocycles. The molecule has 0 spiro atoms. The molecular formula is C17H15ClFNO2. The summed E-state index contributed by atoms with van der Waals surface area (Å²) in [6.07, 6.45) is 0.707. The van der Waals surface area contributed by atoms with Gasteiger partial charge in [0, 0.05) is 11.6 Å². The van der Waals surface area contributed by atoms with Crippen molar-refractivity contribution in [2.75, 3.05) is 6.61 Å². The fourth-order valence-electron chi connectivity index (χ4n) is 2.76. The molecule has 1 heterocycles. The summed E-state index contributed by atoms with van der Waals surface area (Å²) >= 11 is 6.28. The van der Waals surface area contributed by atoms with Crippen molar-refractivity contribution in [1.29, 1.82) is 0 Å². The number of benzene rings is 2. The lowest BCUT2D eigenvalue weighted by molar-refractivity contribution is 0.0653. The Kier molecular flexibility index (Phi) is 4.16. The smallest absolute Gasteiger partial charge is 0.123 e. The molecule has 3 aromatic rings. The molecule has 5 heteroatoms. The summed E-state index contributed by atoms with van der Waals surface area (Å²) < 4.78 is 15.3. The number of aliphatic hydroxyl groups excluding tert-OH is 2. The highest BCUT2D eigenvalue weighted by Gasteiger charge is 2.24. The largest absolute Gasteiger partial charge is 0.394 e. The Labute approximate surface area is 132 Å². The van der Waals surface area contributed by atoms with Gasteiger partial charge in [-0.25, -0.2) is 4.39 Å². The maximum absolute atomic E-state index is 13.6. The summed E-state index contributed by atoms with van der Waals surface area (Å²) in [5, 5.41) is 21.1. The van der Waals surface area contributed by atoms with E-state index in [0.717, 1.165) is 10.9 Å². The molecule has 0 saturated heterocycles. The molecule has 0 saturated carbocycles. The van der Waals surface area contributed by atoms with Crippen LogP contribution in [-0.2, 0) is 0 Å². The molecule has 0 aliphatic rings. The van der Waals surface area contributed by atoms with Gasteiger partial charge in [-0.3, -0.25) is 0 Å². The first-order chi connectivity index (χ1) is 10.6. The minimum Gasteiger partial charge on any atom is -0.394 e. The second-order valence-corrected chi connectivity index (χ2v) is 5.56. The Morgan fingerprint density at radius 2 is 1.91 bits per heavy atom. The van der Waals surface area contributed by atoms with Gasteiger partial charge in [-0.1, -0.05) is 35.9 Å². The Hall–Kier alpha value is -1.88. The van der Waals surface area contributed by atoms with Crippen molar-refractivity contribution in [3.63, 3.8) is 0 Å². The summed E-state index contributed by atoms with van der Waals surface area (Å²) in [5.74, 6) is -0.393. The lowest BCUT2D eigenvalue weighted by atomic mass is 10.0. The van der Waals surface area contributed by atoms with Crippen molar-refractivity contribution in [2.24, 2.45) is 0 Å². The van der Waals surface area contributed by atoms with Crippen LogP contribution in [0.4, 0.5) is 4.39 Å². The van der Waals surface area contributed by atoms with Crippen LogP contribution in [0.15, 0.2) is 54.7 Å². The van der Waals surface area contributed by atoms with Crippen molar-refractivity contribution in [3.8, 4) is 0 Å².